The van der Waals surface area contributed by atoms with Crippen LogP contribution in [0, 0.1) is 11.8 Å². The number of hydrogen-bond donors (Lipinski definition) is 1. The van der Waals surface area contributed by atoms with E-state index in [2.05, 4.69) is 31.0 Å². The molecule has 4 nitrogen and oxygen atoms in total. The van der Waals surface area contributed by atoms with Crippen LogP contribution in [0.5, 0.6) is 0 Å². The minimum atomic E-state index is 0.0179. The summed E-state index contributed by atoms with van der Waals surface area (Å²) in [5, 5.41) is 3.37. The molecule has 0 bridgehead atoms. The fourth-order valence-electron chi connectivity index (χ4n) is 2.67. The lowest BCUT2D eigenvalue weighted by molar-refractivity contribution is -0.137. The van der Waals surface area contributed by atoms with Crippen LogP contribution in [0.15, 0.2) is 0 Å². The first kappa shape index (κ1) is 13.8. The molecule has 2 fully saturated rings. The van der Waals surface area contributed by atoms with E-state index < -0.39 is 0 Å². The van der Waals surface area contributed by atoms with Gasteiger partial charge < -0.3 is 15.0 Å². The van der Waals surface area contributed by atoms with E-state index in [0.717, 1.165) is 13.1 Å². The Morgan fingerprint density at radius 1 is 1.39 bits per heavy atom. The zero-order valence-corrected chi connectivity index (χ0v) is 11.8. The van der Waals surface area contributed by atoms with E-state index in [4.69, 9.17) is 4.74 Å². The van der Waals surface area contributed by atoms with Crippen molar-refractivity contribution < 1.29 is 9.53 Å². The monoisotopic (exact) mass is 254 g/mol. The molecule has 0 aromatic carbocycles. The molecule has 1 N–H and O–H groups in total. The second kappa shape index (κ2) is 6.02. The zero-order chi connectivity index (χ0) is 13.1. The Morgan fingerprint density at radius 3 is 2.67 bits per heavy atom. The van der Waals surface area contributed by atoms with Crippen LogP contribution in [0.3, 0.4) is 0 Å². The van der Waals surface area contributed by atoms with Crippen LogP contribution >= 0.6 is 0 Å². The van der Waals surface area contributed by atoms with Crippen LogP contribution in [0.25, 0.3) is 0 Å². The lowest BCUT2D eigenvalue weighted by atomic mass is 10.0. The number of likely N-dealkylation sites (N-methyl/N-ethyl adjacent to an activating group) is 1. The number of nitrogens with one attached hydrogen (secondary N) is 1. The third-order valence-corrected chi connectivity index (χ3v) is 3.70. The highest BCUT2D eigenvalue weighted by Gasteiger charge is 2.41. The summed E-state index contributed by atoms with van der Waals surface area (Å²) in [6.45, 7) is 9.46. The Kier molecular flexibility index (Phi) is 4.62. The molecule has 1 heterocycles. The molecule has 1 saturated carbocycles. The fourth-order valence-corrected chi connectivity index (χ4v) is 2.67. The van der Waals surface area contributed by atoms with Crippen molar-refractivity contribution in [1.82, 2.24) is 10.2 Å². The molecule has 2 unspecified atom stereocenters. The molecule has 1 aliphatic carbocycles. The topological polar surface area (TPSA) is 41.6 Å². The maximum Gasteiger partial charge on any atom is 0.229 e. The van der Waals surface area contributed by atoms with Gasteiger partial charge in [-0.1, -0.05) is 20.8 Å². The van der Waals surface area contributed by atoms with Gasteiger partial charge in [-0.15, -0.1) is 0 Å². The van der Waals surface area contributed by atoms with E-state index in [1.807, 2.05) is 0 Å². The Hall–Kier alpha value is -0.610. The van der Waals surface area contributed by atoms with Gasteiger partial charge in [0.2, 0.25) is 5.91 Å². The highest BCUT2D eigenvalue weighted by Crippen LogP contribution is 2.30. The minimum absolute atomic E-state index is 0.0179. The van der Waals surface area contributed by atoms with E-state index in [-0.39, 0.29) is 12.0 Å². The molecule has 0 spiro atoms. The second-order valence-corrected chi connectivity index (χ2v) is 5.92. The molecule has 104 valence electrons. The van der Waals surface area contributed by atoms with Crippen molar-refractivity contribution in [3.8, 4) is 0 Å². The number of carbonyl (C=O) groups excluding carboxylic acids is 1. The van der Waals surface area contributed by atoms with Gasteiger partial charge in [-0.2, -0.15) is 0 Å². The SMILES string of the molecule is CCNC1COCC1C(=O)N(CC(C)C)C1CC1. The summed E-state index contributed by atoms with van der Waals surface area (Å²) in [5.74, 6) is 0.855. The summed E-state index contributed by atoms with van der Waals surface area (Å²) >= 11 is 0. The number of rotatable bonds is 6. The number of ether oxygens (including phenoxy) is 1. The van der Waals surface area contributed by atoms with Gasteiger partial charge in [0.05, 0.1) is 19.1 Å². The van der Waals surface area contributed by atoms with Crippen LogP contribution in [0.1, 0.15) is 33.6 Å². The van der Waals surface area contributed by atoms with E-state index in [0.29, 0.717) is 31.1 Å². The molecule has 1 amide bonds. The third kappa shape index (κ3) is 3.23. The lowest BCUT2D eigenvalue weighted by Crippen LogP contribution is -2.47. The smallest absolute Gasteiger partial charge is 0.229 e. The zero-order valence-electron chi connectivity index (χ0n) is 11.8. The van der Waals surface area contributed by atoms with Gasteiger partial charge in [-0.3, -0.25) is 4.79 Å². The second-order valence-electron chi connectivity index (χ2n) is 5.92. The van der Waals surface area contributed by atoms with E-state index in [1.165, 1.54) is 12.8 Å². The molecule has 2 aliphatic rings. The van der Waals surface area contributed by atoms with Crippen molar-refractivity contribution in [1.29, 1.82) is 0 Å². The maximum absolute atomic E-state index is 12.7. The molecule has 4 heteroatoms. The van der Waals surface area contributed by atoms with Gasteiger partial charge in [-0.05, 0) is 25.3 Å². The third-order valence-electron chi connectivity index (χ3n) is 3.70. The van der Waals surface area contributed by atoms with Gasteiger partial charge >= 0.3 is 0 Å². The van der Waals surface area contributed by atoms with Crippen LogP contribution in [-0.4, -0.2) is 49.2 Å². The van der Waals surface area contributed by atoms with Crippen LogP contribution in [0.4, 0.5) is 0 Å². The molecular weight excluding hydrogens is 228 g/mol. The maximum atomic E-state index is 12.7. The predicted molar refractivity (Wildman–Crippen MR) is 71.3 cm³/mol. The first-order valence-electron chi connectivity index (χ1n) is 7.25. The summed E-state index contributed by atoms with van der Waals surface area (Å²) in [6, 6.07) is 0.707. The molecular formula is C14H26N2O2. The average molecular weight is 254 g/mol. The van der Waals surface area contributed by atoms with E-state index in [1.54, 1.807) is 0 Å². The first-order valence-corrected chi connectivity index (χ1v) is 7.25. The Labute approximate surface area is 110 Å². The number of hydrogen-bond acceptors (Lipinski definition) is 3. The predicted octanol–water partition coefficient (Wildman–Crippen LogP) is 1.26. The van der Waals surface area contributed by atoms with Crippen molar-refractivity contribution in [2.75, 3.05) is 26.3 Å². The van der Waals surface area contributed by atoms with Crippen molar-refractivity contribution >= 4 is 5.91 Å². The normalized spacial score (nSPS) is 27.8. The number of amides is 1. The molecule has 2 atom stereocenters. The summed E-state index contributed by atoms with van der Waals surface area (Å²) in [5.41, 5.74) is 0. The Morgan fingerprint density at radius 2 is 2.11 bits per heavy atom. The van der Waals surface area contributed by atoms with Crippen molar-refractivity contribution in [2.45, 2.75) is 45.7 Å². The number of nitrogens with zero attached hydrogens (tertiary/aromatic N) is 1. The highest BCUT2D eigenvalue weighted by atomic mass is 16.5. The van der Waals surface area contributed by atoms with Crippen molar-refractivity contribution in [3.05, 3.63) is 0 Å². The largest absolute Gasteiger partial charge is 0.379 e. The summed E-state index contributed by atoms with van der Waals surface area (Å²) < 4.78 is 5.49. The fraction of sp³-hybridized carbons (Fsp3) is 0.929. The minimum Gasteiger partial charge on any atom is -0.379 e. The van der Waals surface area contributed by atoms with Crippen LogP contribution in [-0.2, 0) is 9.53 Å². The highest BCUT2D eigenvalue weighted by molar-refractivity contribution is 5.80. The number of carbonyl (C=O) groups is 1. The quantitative estimate of drug-likeness (QED) is 0.776. The van der Waals surface area contributed by atoms with Gasteiger partial charge in [0.1, 0.15) is 0 Å². The Balaban J connectivity index is 1.98. The molecule has 0 aromatic rings. The summed E-state index contributed by atoms with van der Waals surface area (Å²) in [4.78, 5) is 14.8. The molecule has 2 rings (SSSR count). The molecule has 1 saturated heterocycles. The van der Waals surface area contributed by atoms with Crippen molar-refractivity contribution in [3.63, 3.8) is 0 Å². The Bertz CT molecular complexity index is 290. The average Bonchev–Trinajstić information content (AvgIpc) is 3.06. The van der Waals surface area contributed by atoms with Gasteiger partial charge in [-0.25, -0.2) is 0 Å². The lowest BCUT2D eigenvalue weighted by Gasteiger charge is -2.29. The first-order chi connectivity index (χ1) is 8.63. The van der Waals surface area contributed by atoms with Crippen LogP contribution < -0.4 is 5.32 Å². The summed E-state index contributed by atoms with van der Waals surface area (Å²) in [7, 11) is 0. The van der Waals surface area contributed by atoms with E-state index in [9.17, 15) is 4.79 Å². The van der Waals surface area contributed by atoms with Crippen molar-refractivity contribution in [2.24, 2.45) is 11.8 Å². The van der Waals surface area contributed by atoms with Gasteiger partial charge in [0.25, 0.3) is 0 Å². The van der Waals surface area contributed by atoms with Gasteiger partial charge in [0.15, 0.2) is 0 Å². The molecule has 18 heavy (non-hydrogen) atoms. The standard InChI is InChI=1S/C14H26N2O2/c1-4-15-13-9-18-8-12(13)14(17)16(7-10(2)3)11-5-6-11/h10-13,15H,4-9H2,1-3H3. The van der Waals surface area contributed by atoms with Crippen LogP contribution in [0.2, 0.25) is 0 Å². The van der Waals surface area contributed by atoms with Gasteiger partial charge in [0, 0.05) is 18.6 Å². The van der Waals surface area contributed by atoms with E-state index >= 15 is 0 Å². The molecule has 1 aliphatic heterocycles. The summed E-state index contributed by atoms with van der Waals surface area (Å²) in [6.07, 6.45) is 2.36. The molecule has 0 aromatic heterocycles. The molecule has 0 radical (unpaired) electrons.